The second kappa shape index (κ2) is 11.6. The molecule has 0 heterocycles. The number of halogens is 1. The number of methoxy groups -OCH3 is 1. The number of hydrogen-bond acceptors (Lipinski definition) is 5. The van der Waals surface area contributed by atoms with Gasteiger partial charge >= 0.3 is 0 Å². The van der Waals surface area contributed by atoms with Crippen molar-refractivity contribution in [3.63, 3.8) is 0 Å². The van der Waals surface area contributed by atoms with Crippen molar-refractivity contribution in [3.8, 4) is 5.75 Å². The Hall–Kier alpha value is -3.14. The highest BCUT2D eigenvalue weighted by molar-refractivity contribution is 7.92. The Morgan fingerprint density at radius 2 is 1.82 bits per heavy atom. The summed E-state index contributed by atoms with van der Waals surface area (Å²) in [6.45, 7) is 3.42. The van der Waals surface area contributed by atoms with Crippen LogP contribution in [0.1, 0.15) is 25.8 Å². The Bertz CT molecular complexity index is 1060. The minimum atomic E-state index is -3.83. The standard InChI is InChI=1S/C23H30FN3O5S/c1-5-13-25-23(29)17(2)26(15-18-9-11-19(24)12-10-18)22(28)16-27(33(4,30)31)20-7-6-8-21(14-20)32-3/h6-12,14,17H,5,13,15-16H2,1-4H3,(H,25,29). The number of sulfonamides is 1. The summed E-state index contributed by atoms with van der Waals surface area (Å²) in [5.74, 6) is -0.929. The van der Waals surface area contributed by atoms with Crippen LogP contribution in [0.2, 0.25) is 0 Å². The van der Waals surface area contributed by atoms with E-state index in [1.165, 1.54) is 42.3 Å². The zero-order chi connectivity index (χ0) is 24.6. The highest BCUT2D eigenvalue weighted by Gasteiger charge is 2.30. The summed E-state index contributed by atoms with van der Waals surface area (Å²) < 4.78 is 44.5. The van der Waals surface area contributed by atoms with E-state index in [1.807, 2.05) is 6.92 Å². The topological polar surface area (TPSA) is 96.0 Å². The maximum Gasteiger partial charge on any atom is 0.244 e. The molecule has 2 aromatic carbocycles. The third-order valence-electron chi connectivity index (χ3n) is 5.00. The number of anilines is 1. The lowest BCUT2D eigenvalue weighted by Crippen LogP contribution is -2.51. The van der Waals surface area contributed by atoms with E-state index in [2.05, 4.69) is 5.32 Å². The van der Waals surface area contributed by atoms with Crippen LogP contribution < -0.4 is 14.4 Å². The smallest absolute Gasteiger partial charge is 0.244 e. The molecule has 2 aromatic rings. The van der Waals surface area contributed by atoms with Crippen molar-refractivity contribution in [1.29, 1.82) is 0 Å². The predicted octanol–water partition coefficient (Wildman–Crippen LogP) is 2.54. The molecule has 0 aliphatic carbocycles. The van der Waals surface area contributed by atoms with Crippen LogP contribution >= 0.6 is 0 Å². The summed E-state index contributed by atoms with van der Waals surface area (Å²) >= 11 is 0. The summed E-state index contributed by atoms with van der Waals surface area (Å²) in [6.07, 6.45) is 1.73. The van der Waals surface area contributed by atoms with E-state index in [9.17, 15) is 22.4 Å². The molecule has 0 saturated carbocycles. The molecule has 1 unspecified atom stereocenters. The predicted molar refractivity (Wildman–Crippen MR) is 125 cm³/mol. The number of nitrogens with one attached hydrogen (secondary N) is 1. The minimum Gasteiger partial charge on any atom is -0.497 e. The second-order valence-electron chi connectivity index (χ2n) is 7.59. The molecule has 0 aliphatic rings. The van der Waals surface area contributed by atoms with Gasteiger partial charge in [0.1, 0.15) is 24.2 Å². The summed E-state index contributed by atoms with van der Waals surface area (Å²) in [5.41, 5.74) is 0.863. The maximum absolute atomic E-state index is 13.4. The molecule has 0 spiro atoms. The Morgan fingerprint density at radius 1 is 1.15 bits per heavy atom. The van der Waals surface area contributed by atoms with Crippen molar-refractivity contribution in [2.75, 3.05) is 30.8 Å². The number of nitrogens with zero attached hydrogens (tertiary/aromatic N) is 2. The highest BCUT2D eigenvalue weighted by atomic mass is 32.2. The summed E-state index contributed by atoms with van der Waals surface area (Å²) in [6, 6.07) is 11.0. The number of benzene rings is 2. The number of rotatable bonds is 11. The number of amides is 2. The molecular weight excluding hydrogens is 449 g/mol. The van der Waals surface area contributed by atoms with Gasteiger partial charge in [-0.05, 0) is 43.2 Å². The van der Waals surface area contributed by atoms with Gasteiger partial charge in [0.15, 0.2) is 0 Å². The fourth-order valence-corrected chi connectivity index (χ4v) is 3.99. The number of carbonyl (C=O) groups is 2. The summed E-state index contributed by atoms with van der Waals surface area (Å²) in [4.78, 5) is 27.3. The molecule has 0 aromatic heterocycles. The van der Waals surface area contributed by atoms with E-state index in [-0.39, 0.29) is 18.1 Å². The van der Waals surface area contributed by atoms with Gasteiger partial charge in [-0.3, -0.25) is 13.9 Å². The molecule has 8 nitrogen and oxygen atoms in total. The molecule has 2 amide bonds. The van der Waals surface area contributed by atoms with Crippen LogP contribution in [0.4, 0.5) is 10.1 Å². The van der Waals surface area contributed by atoms with Crippen molar-refractivity contribution in [2.24, 2.45) is 0 Å². The van der Waals surface area contributed by atoms with Crippen LogP contribution in [0.3, 0.4) is 0 Å². The van der Waals surface area contributed by atoms with E-state index in [1.54, 1.807) is 25.1 Å². The van der Waals surface area contributed by atoms with Crippen molar-refractivity contribution in [3.05, 3.63) is 59.9 Å². The second-order valence-corrected chi connectivity index (χ2v) is 9.49. The SMILES string of the molecule is CCCNC(=O)C(C)N(Cc1ccc(F)cc1)C(=O)CN(c1cccc(OC)c1)S(C)(=O)=O. The van der Waals surface area contributed by atoms with Crippen LogP contribution in [0, 0.1) is 5.82 Å². The van der Waals surface area contributed by atoms with Gasteiger partial charge in [-0.15, -0.1) is 0 Å². The fraction of sp³-hybridized carbons (Fsp3) is 0.391. The first-order valence-electron chi connectivity index (χ1n) is 10.5. The molecule has 0 aliphatic heterocycles. The lowest BCUT2D eigenvalue weighted by atomic mass is 10.1. The number of carbonyl (C=O) groups excluding carboxylic acids is 2. The molecule has 2 rings (SSSR count). The minimum absolute atomic E-state index is 0.00946. The van der Waals surface area contributed by atoms with E-state index in [0.29, 0.717) is 17.9 Å². The fourth-order valence-electron chi connectivity index (χ4n) is 3.14. The molecule has 33 heavy (non-hydrogen) atoms. The molecule has 0 fully saturated rings. The quantitative estimate of drug-likeness (QED) is 0.534. The van der Waals surface area contributed by atoms with E-state index >= 15 is 0 Å². The van der Waals surface area contributed by atoms with Gasteiger partial charge in [-0.25, -0.2) is 12.8 Å². The van der Waals surface area contributed by atoms with Crippen LogP contribution in [0.5, 0.6) is 5.75 Å². The van der Waals surface area contributed by atoms with E-state index in [0.717, 1.165) is 17.0 Å². The van der Waals surface area contributed by atoms with Crippen LogP contribution in [-0.4, -0.2) is 57.6 Å². The van der Waals surface area contributed by atoms with Crippen molar-refractivity contribution >= 4 is 27.5 Å². The number of hydrogen-bond donors (Lipinski definition) is 1. The first-order chi connectivity index (χ1) is 15.6. The van der Waals surface area contributed by atoms with Crippen LogP contribution in [-0.2, 0) is 26.2 Å². The van der Waals surface area contributed by atoms with E-state index < -0.39 is 34.3 Å². The van der Waals surface area contributed by atoms with Gasteiger partial charge in [0.25, 0.3) is 0 Å². The first-order valence-corrected chi connectivity index (χ1v) is 12.3. The van der Waals surface area contributed by atoms with Gasteiger partial charge in [0.2, 0.25) is 21.8 Å². The van der Waals surface area contributed by atoms with Crippen molar-refractivity contribution in [1.82, 2.24) is 10.2 Å². The lowest BCUT2D eigenvalue weighted by Gasteiger charge is -2.31. The van der Waals surface area contributed by atoms with E-state index in [4.69, 9.17) is 4.74 Å². The summed E-state index contributed by atoms with van der Waals surface area (Å²) in [5, 5.41) is 2.75. The monoisotopic (exact) mass is 479 g/mol. The average molecular weight is 480 g/mol. The summed E-state index contributed by atoms with van der Waals surface area (Å²) in [7, 11) is -2.38. The maximum atomic E-state index is 13.4. The van der Waals surface area contributed by atoms with Crippen LogP contribution in [0.25, 0.3) is 0 Å². The molecule has 10 heteroatoms. The molecule has 0 saturated heterocycles. The zero-order valence-corrected chi connectivity index (χ0v) is 20.1. The molecule has 180 valence electrons. The lowest BCUT2D eigenvalue weighted by molar-refractivity contribution is -0.139. The first kappa shape index (κ1) is 26.1. The molecular formula is C23H30FN3O5S. The molecule has 0 bridgehead atoms. The van der Waals surface area contributed by atoms with Gasteiger partial charge in [-0.1, -0.05) is 25.1 Å². The third kappa shape index (κ3) is 7.45. The Balaban J connectivity index is 2.37. The largest absolute Gasteiger partial charge is 0.497 e. The van der Waals surface area contributed by atoms with Gasteiger partial charge < -0.3 is 15.0 Å². The molecule has 1 N–H and O–H groups in total. The molecule has 1 atom stereocenters. The van der Waals surface area contributed by atoms with Crippen molar-refractivity contribution < 1.29 is 27.1 Å². The average Bonchev–Trinajstić information content (AvgIpc) is 2.79. The van der Waals surface area contributed by atoms with Crippen molar-refractivity contribution in [2.45, 2.75) is 32.9 Å². The van der Waals surface area contributed by atoms with Gasteiger partial charge in [0, 0.05) is 19.2 Å². The normalized spacial score (nSPS) is 12.0. The third-order valence-corrected chi connectivity index (χ3v) is 6.14. The van der Waals surface area contributed by atoms with Crippen LogP contribution in [0.15, 0.2) is 48.5 Å². The Kier molecular flexibility index (Phi) is 9.22. The molecule has 0 radical (unpaired) electrons. The Labute approximate surface area is 194 Å². The van der Waals surface area contributed by atoms with Gasteiger partial charge in [0.05, 0.1) is 19.1 Å². The van der Waals surface area contributed by atoms with Gasteiger partial charge in [-0.2, -0.15) is 0 Å². The highest BCUT2D eigenvalue weighted by Crippen LogP contribution is 2.23. The number of ether oxygens (including phenoxy) is 1. The zero-order valence-electron chi connectivity index (χ0n) is 19.2. The Morgan fingerprint density at radius 3 is 2.39 bits per heavy atom.